The Labute approximate surface area is 195 Å². The Kier molecular flexibility index (Phi) is 7.95. The molecule has 33 heavy (non-hydrogen) atoms. The Morgan fingerprint density at radius 3 is 2.12 bits per heavy atom. The fourth-order valence-electron chi connectivity index (χ4n) is 3.37. The fraction of sp³-hybridized carbons (Fsp3) is 0.240. The third-order valence-corrected chi connectivity index (χ3v) is 7.04. The first-order valence-electron chi connectivity index (χ1n) is 10.5. The van der Waals surface area contributed by atoms with Gasteiger partial charge in [-0.05, 0) is 35.7 Å². The number of hydrogen-bond donors (Lipinski definition) is 1. The Morgan fingerprint density at radius 2 is 1.52 bits per heavy atom. The van der Waals surface area contributed by atoms with E-state index in [1.807, 2.05) is 37.3 Å². The zero-order valence-electron chi connectivity index (χ0n) is 18.9. The van der Waals surface area contributed by atoms with Crippen LogP contribution in [0.1, 0.15) is 18.4 Å². The van der Waals surface area contributed by atoms with Crippen LogP contribution in [0.5, 0.6) is 11.5 Å². The summed E-state index contributed by atoms with van der Waals surface area (Å²) in [5, 5.41) is 2.85. The first-order valence-corrected chi connectivity index (χ1v) is 11.9. The average Bonchev–Trinajstić information content (AvgIpc) is 2.86. The number of nitrogens with one attached hydrogen (secondary N) is 1. The number of sulfonamides is 1. The molecule has 0 heterocycles. The van der Waals surface area contributed by atoms with Crippen LogP contribution in [0, 0.1) is 0 Å². The van der Waals surface area contributed by atoms with Crippen LogP contribution < -0.4 is 19.1 Å². The summed E-state index contributed by atoms with van der Waals surface area (Å²) in [6.45, 7) is 2.00. The molecule has 7 nitrogen and oxygen atoms in total. The molecule has 0 bridgehead atoms. The summed E-state index contributed by atoms with van der Waals surface area (Å²) >= 11 is 0. The summed E-state index contributed by atoms with van der Waals surface area (Å²) in [6, 6.07) is 22.6. The molecule has 0 spiro atoms. The molecule has 0 unspecified atom stereocenters. The molecule has 174 valence electrons. The predicted octanol–water partition coefficient (Wildman–Crippen LogP) is 3.82. The van der Waals surface area contributed by atoms with Crippen molar-refractivity contribution in [3.8, 4) is 11.5 Å². The molecule has 3 aromatic carbocycles. The maximum absolute atomic E-state index is 13.5. The van der Waals surface area contributed by atoms with Crippen molar-refractivity contribution in [3.63, 3.8) is 0 Å². The van der Waals surface area contributed by atoms with Gasteiger partial charge in [-0.15, -0.1) is 0 Å². The molecule has 1 amide bonds. The SMILES string of the molecule is COc1ccc(N(CC(=O)NC[C@@H](C)c2ccccc2)S(=O)(=O)c2ccccc2)cc1OC. The van der Waals surface area contributed by atoms with Gasteiger partial charge in [0, 0.05) is 12.6 Å². The molecule has 0 aromatic heterocycles. The van der Waals surface area contributed by atoms with Crippen molar-refractivity contribution in [1.29, 1.82) is 0 Å². The van der Waals surface area contributed by atoms with Crippen LogP contribution in [0.4, 0.5) is 5.69 Å². The van der Waals surface area contributed by atoms with Gasteiger partial charge in [0.2, 0.25) is 5.91 Å². The van der Waals surface area contributed by atoms with E-state index in [1.165, 1.54) is 26.4 Å². The highest BCUT2D eigenvalue weighted by molar-refractivity contribution is 7.92. The summed E-state index contributed by atoms with van der Waals surface area (Å²) in [6.07, 6.45) is 0. The van der Waals surface area contributed by atoms with E-state index < -0.39 is 15.9 Å². The van der Waals surface area contributed by atoms with E-state index in [4.69, 9.17) is 9.47 Å². The highest BCUT2D eigenvalue weighted by Crippen LogP contribution is 2.33. The van der Waals surface area contributed by atoms with Crippen LogP contribution in [0.2, 0.25) is 0 Å². The summed E-state index contributed by atoms with van der Waals surface area (Å²) < 4.78 is 38.6. The van der Waals surface area contributed by atoms with Crippen LogP contribution in [0.15, 0.2) is 83.8 Å². The summed E-state index contributed by atoms with van der Waals surface area (Å²) in [5.74, 6) is 0.489. The van der Waals surface area contributed by atoms with E-state index in [1.54, 1.807) is 36.4 Å². The first kappa shape index (κ1) is 24.1. The van der Waals surface area contributed by atoms with Crippen LogP contribution in [0.25, 0.3) is 0 Å². The molecular formula is C25H28N2O5S. The molecule has 8 heteroatoms. The van der Waals surface area contributed by atoms with Gasteiger partial charge in [0.05, 0.1) is 24.8 Å². The Morgan fingerprint density at radius 1 is 0.909 bits per heavy atom. The molecule has 0 aliphatic rings. The molecule has 0 radical (unpaired) electrons. The van der Waals surface area contributed by atoms with Crippen molar-refractivity contribution in [2.45, 2.75) is 17.7 Å². The van der Waals surface area contributed by atoms with Gasteiger partial charge >= 0.3 is 0 Å². The Balaban J connectivity index is 1.87. The van der Waals surface area contributed by atoms with E-state index in [2.05, 4.69) is 5.32 Å². The van der Waals surface area contributed by atoms with Crippen LogP contribution in [-0.2, 0) is 14.8 Å². The van der Waals surface area contributed by atoms with Crippen molar-refractivity contribution in [2.75, 3.05) is 31.6 Å². The standard InChI is InChI=1S/C25H28N2O5S/c1-19(20-10-6-4-7-11-20)17-26-25(28)18-27(33(29,30)22-12-8-5-9-13-22)21-14-15-23(31-2)24(16-21)32-3/h4-16,19H,17-18H2,1-3H3,(H,26,28)/t19-/m1/s1. The smallest absolute Gasteiger partial charge is 0.264 e. The zero-order chi connectivity index (χ0) is 23.8. The van der Waals surface area contributed by atoms with Crippen molar-refractivity contribution in [2.24, 2.45) is 0 Å². The minimum atomic E-state index is -4.01. The Hall–Kier alpha value is -3.52. The number of ether oxygens (including phenoxy) is 2. The normalized spacial score (nSPS) is 12.0. The number of anilines is 1. The van der Waals surface area contributed by atoms with Gasteiger partial charge in [-0.25, -0.2) is 8.42 Å². The molecule has 0 fully saturated rings. The lowest BCUT2D eigenvalue weighted by Gasteiger charge is -2.25. The lowest BCUT2D eigenvalue weighted by molar-refractivity contribution is -0.119. The number of hydrogen-bond acceptors (Lipinski definition) is 5. The number of methoxy groups -OCH3 is 2. The summed E-state index contributed by atoms with van der Waals surface area (Å²) in [7, 11) is -1.04. The van der Waals surface area contributed by atoms with Crippen molar-refractivity contribution >= 4 is 21.6 Å². The van der Waals surface area contributed by atoms with E-state index >= 15 is 0 Å². The van der Waals surface area contributed by atoms with E-state index in [-0.39, 0.29) is 17.4 Å². The predicted molar refractivity (Wildman–Crippen MR) is 128 cm³/mol. The second-order valence-corrected chi connectivity index (χ2v) is 9.34. The molecular weight excluding hydrogens is 440 g/mol. The molecule has 0 aliphatic carbocycles. The van der Waals surface area contributed by atoms with Crippen molar-refractivity contribution in [3.05, 3.63) is 84.4 Å². The molecule has 1 N–H and O–H groups in total. The lowest BCUT2D eigenvalue weighted by atomic mass is 10.0. The van der Waals surface area contributed by atoms with Crippen LogP contribution in [0.3, 0.4) is 0 Å². The summed E-state index contributed by atoms with van der Waals surface area (Å²) in [5.41, 5.74) is 1.38. The number of carbonyl (C=O) groups excluding carboxylic acids is 1. The highest BCUT2D eigenvalue weighted by atomic mass is 32.2. The third-order valence-electron chi connectivity index (χ3n) is 5.25. The molecule has 3 rings (SSSR count). The Bertz CT molecular complexity index is 1170. The van der Waals surface area contributed by atoms with Gasteiger partial charge in [-0.3, -0.25) is 9.10 Å². The maximum Gasteiger partial charge on any atom is 0.264 e. The number of amides is 1. The van der Waals surface area contributed by atoms with E-state index in [0.29, 0.717) is 23.7 Å². The zero-order valence-corrected chi connectivity index (χ0v) is 19.7. The minimum Gasteiger partial charge on any atom is -0.493 e. The number of nitrogens with zero attached hydrogens (tertiary/aromatic N) is 1. The van der Waals surface area contributed by atoms with Crippen molar-refractivity contribution < 1.29 is 22.7 Å². The quantitative estimate of drug-likeness (QED) is 0.489. The number of benzene rings is 3. The average molecular weight is 469 g/mol. The monoisotopic (exact) mass is 468 g/mol. The van der Waals surface area contributed by atoms with E-state index in [0.717, 1.165) is 9.87 Å². The first-order chi connectivity index (χ1) is 15.9. The van der Waals surface area contributed by atoms with E-state index in [9.17, 15) is 13.2 Å². The second-order valence-electron chi connectivity index (χ2n) is 7.48. The van der Waals surface area contributed by atoms with Gasteiger partial charge in [0.15, 0.2) is 11.5 Å². The molecule has 0 aliphatic heterocycles. The fourth-order valence-corrected chi connectivity index (χ4v) is 4.80. The lowest BCUT2D eigenvalue weighted by Crippen LogP contribution is -2.41. The minimum absolute atomic E-state index is 0.0791. The van der Waals surface area contributed by atoms with Gasteiger partial charge in [0.1, 0.15) is 6.54 Å². The molecule has 0 saturated carbocycles. The number of rotatable bonds is 10. The van der Waals surface area contributed by atoms with Crippen molar-refractivity contribution in [1.82, 2.24) is 5.32 Å². The second kappa shape index (κ2) is 10.9. The summed E-state index contributed by atoms with van der Waals surface area (Å²) in [4.78, 5) is 12.9. The largest absolute Gasteiger partial charge is 0.493 e. The topological polar surface area (TPSA) is 84.9 Å². The van der Waals surface area contributed by atoms with Gasteiger partial charge in [-0.1, -0.05) is 55.5 Å². The van der Waals surface area contributed by atoms with Gasteiger partial charge in [-0.2, -0.15) is 0 Å². The molecule has 3 aromatic rings. The van der Waals surface area contributed by atoms with Crippen LogP contribution >= 0.6 is 0 Å². The number of carbonyl (C=O) groups is 1. The van der Waals surface area contributed by atoms with Gasteiger partial charge in [0.25, 0.3) is 10.0 Å². The maximum atomic E-state index is 13.5. The van der Waals surface area contributed by atoms with Crippen LogP contribution in [-0.4, -0.2) is 41.6 Å². The molecule has 1 atom stereocenters. The third kappa shape index (κ3) is 5.84. The highest BCUT2D eigenvalue weighted by Gasteiger charge is 2.28. The molecule has 0 saturated heterocycles. The van der Waals surface area contributed by atoms with Gasteiger partial charge < -0.3 is 14.8 Å².